The third kappa shape index (κ3) is 4.07. The molecule has 0 bridgehead atoms. The van der Waals surface area contributed by atoms with Crippen molar-refractivity contribution in [1.82, 2.24) is 4.72 Å². The molecule has 0 radical (unpaired) electrons. The zero-order valence-electron chi connectivity index (χ0n) is 11.7. The fourth-order valence-electron chi connectivity index (χ4n) is 1.79. The summed E-state index contributed by atoms with van der Waals surface area (Å²) in [6, 6.07) is 5.84. The van der Waals surface area contributed by atoms with Crippen LogP contribution in [-0.4, -0.2) is 28.0 Å². The molecule has 2 aromatic rings. The first-order chi connectivity index (χ1) is 10.4. The van der Waals surface area contributed by atoms with E-state index in [0.717, 1.165) is 5.56 Å². The molecular weight excluding hydrogens is 346 g/mol. The van der Waals surface area contributed by atoms with Crippen molar-refractivity contribution in [2.24, 2.45) is 0 Å². The fourth-order valence-corrected chi connectivity index (χ4v) is 3.87. The Hall–Kier alpha value is -1.41. The zero-order chi connectivity index (χ0) is 16.2. The maximum atomic E-state index is 12.2. The van der Waals surface area contributed by atoms with Gasteiger partial charge in [0.05, 0.1) is 22.6 Å². The largest absolute Gasteiger partial charge is 0.465 e. The quantitative estimate of drug-likeness (QED) is 0.805. The van der Waals surface area contributed by atoms with E-state index in [1.165, 1.54) is 25.3 Å². The lowest BCUT2D eigenvalue weighted by Crippen LogP contribution is -2.26. The first kappa shape index (κ1) is 17.0. The van der Waals surface area contributed by atoms with E-state index >= 15 is 0 Å². The average Bonchev–Trinajstić information content (AvgIpc) is 2.99. The number of carbonyl (C=O) groups is 1. The fraction of sp³-hybridized carbons (Fsp3) is 0.214. The molecule has 8 heteroatoms. The van der Waals surface area contributed by atoms with Gasteiger partial charge in [-0.1, -0.05) is 11.6 Å². The third-order valence-corrected chi connectivity index (χ3v) is 5.45. The Morgan fingerprint density at radius 2 is 2.14 bits per heavy atom. The molecule has 1 heterocycles. The number of nitrogens with one attached hydrogen (secondary N) is 1. The summed E-state index contributed by atoms with van der Waals surface area (Å²) in [7, 11) is -2.44. The molecule has 1 aromatic heterocycles. The van der Waals surface area contributed by atoms with Gasteiger partial charge in [0.1, 0.15) is 0 Å². The average molecular weight is 360 g/mol. The highest BCUT2D eigenvalue weighted by molar-refractivity contribution is 7.89. The first-order valence-corrected chi connectivity index (χ1v) is 9.13. The number of esters is 1. The van der Waals surface area contributed by atoms with Gasteiger partial charge in [0.25, 0.3) is 0 Å². The standard InChI is InChI=1S/C14H14ClNO4S2/c1-20-14(17)12-3-2-11(8-13(12)15)22(18,19)16-6-4-10-5-7-21-9-10/h2-3,5,7-9,16H,4,6H2,1H3. The van der Waals surface area contributed by atoms with Crippen LogP contribution < -0.4 is 4.72 Å². The molecule has 0 aliphatic rings. The van der Waals surface area contributed by atoms with E-state index in [9.17, 15) is 13.2 Å². The molecule has 0 atom stereocenters. The van der Waals surface area contributed by atoms with Crippen LogP contribution in [0.4, 0.5) is 0 Å². The van der Waals surface area contributed by atoms with E-state index in [-0.39, 0.29) is 22.0 Å². The van der Waals surface area contributed by atoms with Crippen molar-refractivity contribution < 1.29 is 17.9 Å². The van der Waals surface area contributed by atoms with E-state index in [1.807, 2.05) is 16.8 Å². The van der Waals surface area contributed by atoms with Crippen molar-refractivity contribution in [3.8, 4) is 0 Å². The van der Waals surface area contributed by atoms with Crippen LogP contribution in [0.2, 0.25) is 5.02 Å². The van der Waals surface area contributed by atoms with Crippen molar-refractivity contribution in [2.75, 3.05) is 13.7 Å². The molecule has 0 saturated carbocycles. The lowest BCUT2D eigenvalue weighted by molar-refractivity contribution is 0.0601. The SMILES string of the molecule is COC(=O)c1ccc(S(=O)(=O)NCCc2ccsc2)cc1Cl. The Bertz CT molecular complexity index is 757. The summed E-state index contributed by atoms with van der Waals surface area (Å²) < 4.78 is 31.4. The topological polar surface area (TPSA) is 72.5 Å². The number of rotatable bonds is 6. The summed E-state index contributed by atoms with van der Waals surface area (Å²) in [5, 5.41) is 3.94. The number of hydrogen-bond acceptors (Lipinski definition) is 5. The molecule has 0 aliphatic heterocycles. The number of benzene rings is 1. The number of hydrogen-bond donors (Lipinski definition) is 1. The van der Waals surface area contributed by atoms with Gasteiger partial charge in [-0.25, -0.2) is 17.9 Å². The highest BCUT2D eigenvalue weighted by Crippen LogP contribution is 2.21. The molecule has 1 N–H and O–H groups in total. The number of thiophene rings is 1. The van der Waals surface area contributed by atoms with E-state index in [1.54, 1.807) is 11.3 Å². The number of sulfonamides is 1. The third-order valence-electron chi connectivity index (χ3n) is 2.94. The second-order valence-electron chi connectivity index (χ2n) is 4.41. The van der Waals surface area contributed by atoms with E-state index < -0.39 is 16.0 Å². The molecule has 1 aromatic carbocycles. The van der Waals surface area contributed by atoms with Crippen LogP contribution in [0.1, 0.15) is 15.9 Å². The maximum Gasteiger partial charge on any atom is 0.339 e. The Morgan fingerprint density at radius 1 is 1.36 bits per heavy atom. The van der Waals surface area contributed by atoms with Gasteiger partial charge in [0.2, 0.25) is 10.0 Å². The minimum atomic E-state index is -3.67. The Kier molecular flexibility index (Phi) is 5.57. The molecule has 0 spiro atoms. The minimum Gasteiger partial charge on any atom is -0.465 e. The molecule has 0 saturated heterocycles. The molecule has 118 valence electrons. The van der Waals surface area contributed by atoms with Crippen LogP contribution in [0.5, 0.6) is 0 Å². The van der Waals surface area contributed by atoms with Crippen LogP contribution in [-0.2, 0) is 21.2 Å². The minimum absolute atomic E-state index is 0.00970. The van der Waals surface area contributed by atoms with Crippen LogP contribution >= 0.6 is 22.9 Å². The number of methoxy groups -OCH3 is 1. The van der Waals surface area contributed by atoms with Gasteiger partial charge in [-0.05, 0) is 47.0 Å². The summed E-state index contributed by atoms with van der Waals surface area (Å²) in [5.74, 6) is -0.612. The number of ether oxygens (including phenoxy) is 1. The van der Waals surface area contributed by atoms with Gasteiger partial charge in [-0.15, -0.1) is 0 Å². The Balaban J connectivity index is 2.09. The number of carbonyl (C=O) groups excluding carboxylic acids is 1. The predicted molar refractivity (Wildman–Crippen MR) is 86.0 cm³/mol. The number of halogens is 1. The summed E-state index contributed by atoms with van der Waals surface area (Å²) >= 11 is 7.50. The molecule has 0 fully saturated rings. The maximum absolute atomic E-state index is 12.2. The second kappa shape index (κ2) is 7.23. The van der Waals surface area contributed by atoms with Crippen LogP contribution in [0.3, 0.4) is 0 Å². The summed E-state index contributed by atoms with van der Waals surface area (Å²) in [4.78, 5) is 11.4. The van der Waals surface area contributed by atoms with E-state index in [4.69, 9.17) is 11.6 Å². The van der Waals surface area contributed by atoms with E-state index in [2.05, 4.69) is 9.46 Å². The van der Waals surface area contributed by atoms with Crippen LogP contribution in [0.25, 0.3) is 0 Å². The Morgan fingerprint density at radius 3 is 2.73 bits per heavy atom. The lowest BCUT2D eigenvalue weighted by Gasteiger charge is -2.08. The van der Waals surface area contributed by atoms with Crippen LogP contribution in [0, 0.1) is 0 Å². The smallest absolute Gasteiger partial charge is 0.339 e. The summed E-state index contributed by atoms with van der Waals surface area (Å²) in [6.07, 6.45) is 0.608. The van der Waals surface area contributed by atoms with Crippen molar-refractivity contribution >= 4 is 38.9 Å². The lowest BCUT2D eigenvalue weighted by atomic mass is 10.2. The van der Waals surface area contributed by atoms with Crippen molar-refractivity contribution in [1.29, 1.82) is 0 Å². The molecule has 0 amide bonds. The van der Waals surface area contributed by atoms with Gasteiger partial charge >= 0.3 is 5.97 Å². The predicted octanol–water partition coefficient (Wildman–Crippen LogP) is 2.71. The van der Waals surface area contributed by atoms with Crippen molar-refractivity contribution in [2.45, 2.75) is 11.3 Å². The molecule has 2 rings (SSSR count). The zero-order valence-corrected chi connectivity index (χ0v) is 14.1. The van der Waals surface area contributed by atoms with Gasteiger partial charge in [0.15, 0.2) is 0 Å². The normalized spacial score (nSPS) is 11.4. The van der Waals surface area contributed by atoms with E-state index in [0.29, 0.717) is 6.42 Å². The van der Waals surface area contributed by atoms with Gasteiger partial charge in [-0.2, -0.15) is 11.3 Å². The van der Waals surface area contributed by atoms with Gasteiger partial charge in [0, 0.05) is 6.54 Å². The summed E-state index contributed by atoms with van der Waals surface area (Å²) in [5.41, 5.74) is 1.20. The molecule has 22 heavy (non-hydrogen) atoms. The monoisotopic (exact) mass is 359 g/mol. The molecule has 0 unspecified atom stereocenters. The molecular formula is C14H14ClNO4S2. The molecule has 0 aliphatic carbocycles. The highest BCUT2D eigenvalue weighted by atomic mass is 35.5. The van der Waals surface area contributed by atoms with Gasteiger partial charge in [-0.3, -0.25) is 0 Å². The van der Waals surface area contributed by atoms with Crippen molar-refractivity contribution in [3.63, 3.8) is 0 Å². The second-order valence-corrected chi connectivity index (χ2v) is 7.37. The van der Waals surface area contributed by atoms with Gasteiger partial charge < -0.3 is 4.74 Å². The molecule has 5 nitrogen and oxygen atoms in total. The summed E-state index contributed by atoms with van der Waals surface area (Å²) in [6.45, 7) is 0.287. The Labute approximate surface area is 137 Å². The van der Waals surface area contributed by atoms with Crippen molar-refractivity contribution in [3.05, 3.63) is 51.2 Å². The van der Waals surface area contributed by atoms with Crippen LogP contribution in [0.15, 0.2) is 39.9 Å². The highest BCUT2D eigenvalue weighted by Gasteiger charge is 2.18. The first-order valence-electron chi connectivity index (χ1n) is 6.32.